The van der Waals surface area contributed by atoms with Crippen molar-refractivity contribution in [3.63, 3.8) is 0 Å². The summed E-state index contributed by atoms with van der Waals surface area (Å²) in [5.41, 5.74) is 1.65. The van der Waals surface area contributed by atoms with Gasteiger partial charge in [-0.25, -0.2) is 0 Å². The van der Waals surface area contributed by atoms with Crippen molar-refractivity contribution in [2.45, 2.75) is 57.1 Å². The highest BCUT2D eigenvalue weighted by molar-refractivity contribution is 8.01. The van der Waals surface area contributed by atoms with E-state index in [0.717, 1.165) is 42.6 Å². The fraction of sp³-hybridized carbons (Fsp3) is 0.714. The molecule has 0 bridgehead atoms. The van der Waals surface area contributed by atoms with Crippen LogP contribution in [0.5, 0.6) is 0 Å². The normalized spacial score (nSPS) is 26.0. The van der Waals surface area contributed by atoms with E-state index < -0.39 is 0 Å². The molecule has 0 aromatic heterocycles. The zero-order valence-electron chi connectivity index (χ0n) is 10.7. The lowest BCUT2D eigenvalue weighted by atomic mass is 9.87. The Morgan fingerprint density at radius 3 is 2.18 bits per heavy atom. The zero-order valence-corrected chi connectivity index (χ0v) is 11.5. The summed E-state index contributed by atoms with van der Waals surface area (Å²) in [5.74, 6) is 1.16. The predicted molar refractivity (Wildman–Crippen MR) is 71.3 cm³/mol. The number of hydrogen-bond donors (Lipinski definition) is 0. The van der Waals surface area contributed by atoms with Gasteiger partial charge in [-0.05, 0) is 26.7 Å². The Morgan fingerprint density at radius 2 is 1.53 bits per heavy atom. The summed E-state index contributed by atoms with van der Waals surface area (Å²) in [5, 5.41) is 0. The van der Waals surface area contributed by atoms with Gasteiger partial charge in [0.25, 0.3) is 0 Å². The molecular formula is C14H20O2S. The summed E-state index contributed by atoms with van der Waals surface area (Å²) < 4.78 is -0.165. The van der Waals surface area contributed by atoms with Crippen molar-refractivity contribution in [1.82, 2.24) is 0 Å². The van der Waals surface area contributed by atoms with Crippen LogP contribution in [0.4, 0.5) is 0 Å². The van der Waals surface area contributed by atoms with E-state index >= 15 is 0 Å². The second-order valence-electron chi connectivity index (χ2n) is 5.41. The fourth-order valence-electron chi connectivity index (χ4n) is 2.68. The van der Waals surface area contributed by atoms with Gasteiger partial charge in [0, 0.05) is 34.5 Å². The minimum atomic E-state index is -0.165. The van der Waals surface area contributed by atoms with E-state index in [-0.39, 0.29) is 16.3 Å². The van der Waals surface area contributed by atoms with Crippen molar-refractivity contribution < 1.29 is 9.59 Å². The summed E-state index contributed by atoms with van der Waals surface area (Å²) in [7, 11) is 0. The van der Waals surface area contributed by atoms with Crippen LogP contribution in [0.3, 0.4) is 0 Å². The number of hydrogen-bond acceptors (Lipinski definition) is 3. The van der Waals surface area contributed by atoms with Crippen LogP contribution in [0.25, 0.3) is 0 Å². The first-order chi connectivity index (χ1) is 8.02. The lowest BCUT2D eigenvalue weighted by molar-refractivity contribution is -0.118. The van der Waals surface area contributed by atoms with E-state index in [9.17, 15) is 9.59 Å². The second-order valence-corrected chi connectivity index (χ2v) is 7.01. The number of carbonyl (C=O) groups excluding carboxylic acids is 2. The maximum absolute atomic E-state index is 12.3. The van der Waals surface area contributed by atoms with Crippen LogP contribution >= 0.6 is 11.8 Å². The van der Waals surface area contributed by atoms with Crippen molar-refractivity contribution in [3.8, 4) is 0 Å². The van der Waals surface area contributed by atoms with Gasteiger partial charge in [0.05, 0.1) is 0 Å². The molecule has 1 heterocycles. The molecule has 0 N–H and O–H groups in total. The van der Waals surface area contributed by atoms with Gasteiger partial charge in [0.1, 0.15) is 0 Å². The first-order valence-corrected chi connectivity index (χ1v) is 7.45. The van der Waals surface area contributed by atoms with Crippen molar-refractivity contribution in [1.29, 1.82) is 0 Å². The second kappa shape index (κ2) is 4.97. The Morgan fingerprint density at radius 1 is 0.941 bits per heavy atom. The SMILES string of the molecule is CC1(C)SCC2=C1C(=O)CCCCCCC2=O. The Labute approximate surface area is 107 Å². The first-order valence-electron chi connectivity index (χ1n) is 6.46. The summed E-state index contributed by atoms with van der Waals surface area (Å²) in [6, 6.07) is 0. The van der Waals surface area contributed by atoms with Crippen LogP contribution in [-0.4, -0.2) is 22.1 Å². The highest BCUT2D eigenvalue weighted by Gasteiger charge is 2.39. The number of ketones is 2. The molecule has 0 aromatic carbocycles. The molecular weight excluding hydrogens is 232 g/mol. The third-order valence-electron chi connectivity index (χ3n) is 3.65. The summed E-state index contributed by atoms with van der Waals surface area (Å²) in [6.45, 7) is 4.13. The average Bonchev–Trinajstić information content (AvgIpc) is 2.58. The molecule has 0 saturated carbocycles. The van der Waals surface area contributed by atoms with Gasteiger partial charge in [-0.2, -0.15) is 0 Å². The third-order valence-corrected chi connectivity index (χ3v) is 5.01. The zero-order chi connectivity index (χ0) is 12.5. The molecule has 0 radical (unpaired) electrons. The third kappa shape index (κ3) is 2.65. The Kier molecular flexibility index (Phi) is 3.76. The van der Waals surface area contributed by atoms with Crippen LogP contribution in [0.1, 0.15) is 52.4 Å². The molecule has 17 heavy (non-hydrogen) atoms. The average molecular weight is 252 g/mol. The van der Waals surface area contributed by atoms with Gasteiger partial charge < -0.3 is 0 Å². The minimum absolute atomic E-state index is 0.165. The molecule has 2 nitrogen and oxygen atoms in total. The van der Waals surface area contributed by atoms with Crippen LogP contribution < -0.4 is 0 Å². The Bertz CT molecular complexity index is 380. The molecule has 1 aliphatic carbocycles. The largest absolute Gasteiger partial charge is 0.295 e. The minimum Gasteiger partial charge on any atom is -0.295 e. The summed E-state index contributed by atoms with van der Waals surface area (Å²) in [6.07, 6.45) is 5.37. The van der Waals surface area contributed by atoms with E-state index in [2.05, 4.69) is 13.8 Å². The van der Waals surface area contributed by atoms with Crippen LogP contribution in [0.15, 0.2) is 11.1 Å². The molecule has 0 amide bonds. The van der Waals surface area contributed by atoms with Gasteiger partial charge >= 0.3 is 0 Å². The van der Waals surface area contributed by atoms with Crippen molar-refractivity contribution in [2.24, 2.45) is 0 Å². The number of Topliss-reactive ketones (excluding diaryl/α,β-unsaturated/α-hetero) is 2. The highest BCUT2D eigenvalue weighted by Crippen LogP contribution is 2.44. The van der Waals surface area contributed by atoms with E-state index in [1.165, 1.54) is 0 Å². The number of carbonyl (C=O) groups is 2. The smallest absolute Gasteiger partial charge is 0.160 e. The fourth-order valence-corrected chi connectivity index (χ4v) is 3.88. The van der Waals surface area contributed by atoms with Gasteiger partial charge in [-0.1, -0.05) is 12.8 Å². The number of thioether (sulfide) groups is 1. The Hall–Kier alpha value is -0.570. The van der Waals surface area contributed by atoms with Crippen LogP contribution in [0, 0.1) is 0 Å². The Balaban J connectivity index is 2.36. The van der Waals surface area contributed by atoms with Crippen LogP contribution in [-0.2, 0) is 9.59 Å². The van der Waals surface area contributed by atoms with E-state index in [1.54, 1.807) is 11.8 Å². The summed E-state index contributed by atoms with van der Waals surface area (Å²) in [4.78, 5) is 24.4. The van der Waals surface area contributed by atoms with Crippen molar-refractivity contribution >= 4 is 23.3 Å². The van der Waals surface area contributed by atoms with Crippen molar-refractivity contribution in [2.75, 3.05) is 5.75 Å². The summed E-state index contributed by atoms with van der Waals surface area (Å²) >= 11 is 1.73. The van der Waals surface area contributed by atoms with Gasteiger partial charge in [-0.3, -0.25) is 9.59 Å². The van der Waals surface area contributed by atoms with Gasteiger partial charge in [0.15, 0.2) is 11.6 Å². The highest BCUT2D eigenvalue weighted by atomic mass is 32.2. The maximum Gasteiger partial charge on any atom is 0.160 e. The maximum atomic E-state index is 12.3. The molecule has 0 atom stereocenters. The molecule has 2 aliphatic rings. The monoisotopic (exact) mass is 252 g/mol. The molecule has 0 saturated heterocycles. The van der Waals surface area contributed by atoms with Crippen molar-refractivity contribution in [3.05, 3.63) is 11.1 Å². The quantitative estimate of drug-likeness (QED) is 0.663. The molecule has 0 fully saturated rings. The number of rotatable bonds is 0. The molecule has 1 aliphatic heterocycles. The van der Waals surface area contributed by atoms with E-state index in [1.807, 2.05) is 0 Å². The molecule has 0 spiro atoms. The van der Waals surface area contributed by atoms with Crippen LogP contribution in [0.2, 0.25) is 0 Å². The topological polar surface area (TPSA) is 34.1 Å². The molecule has 0 aromatic rings. The van der Waals surface area contributed by atoms with E-state index in [0.29, 0.717) is 12.8 Å². The molecule has 94 valence electrons. The van der Waals surface area contributed by atoms with Gasteiger partial charge in [0.2, 0.25) is 0 Å². The predicted octanol–water partition coefficient (Wildman–Crippen LogP) is 3.30. The standard InChI is InChI=1S/C14H20O2S/c1-14(2)13-10(9-17-14)11(15)7-5-3-4-6-8-12(13)16/h3-9H2,1-2H3. The molecule has 3 heteroatoms. The molecule has 0 unspecified atom stereocenters. The lowest BCUT2D eigenvalue weighted by Crippen LogP contribution is -2.23. The van der Waals surface area contributed by atoms with Gasteiger partial charge in [-0.15, -0.1) is 11.8 Å². The first kappa shape index (κ1) is 12.9. The van der Waals surface area contributed by atoms with E-state index in [4.69, 9.17) is 0 Å². The lowest BCUT2D eigenvalue weighted by Gasteiger charge is -2.21. The molecule has 2 rings (SSSR count).